The molecule has 272 valence electrons. The third-order valence-electron chi connectivity index (χ3n) is 8.90. The molecule has 6 atom stereocenters. The normalized spacial score (nSPS) is 23.1. The van der Waals surface area contributed by atoms with Gasteiger partial charge in [-0.1, -0.05) is 77.3 Å². The maximum absolute atomic E-state index is 12.8. The highest BCUT2D eigenvalue weighted by molar-refractivity contribution is 5.91. The lowest BCUT2D eigenvalue weighted by Crippen LogP contribution is -2.62. The van der Waals surface area contributed by atoms with Crippen molar-refractivity contribution < 1.29 is 48.2 Å². The molecule has 10 nitrogen and oxygen atoms in total. The van der Waals surface area contributed by atoms with Gasteiger partial charge in [0.05, 0.1) is 25.4 Å². The van der Waals surface area contributed by atoms with Crippen LogP contribution in [0, 0.1) is 0 Å². The van der Waals surface area contributed by atoms with Crippen molar-refractivity contribution in [2.75, 3.05) is 19.8 Å². The molecule has 0 aliphatic carbocycles. The molecule has 2 heterocycles. The van der Waals surface area contributed by atoms with Crippen LogP contribution >= 0.6 is 0 Å². The van der Waals surface area contributed by atoms with Crippen molar-refractivity contribution in [3.05, 3.63) is 83.9 Å². The van der Waals surface area contributed by atoms with Crippen LogP contribution in [-0.2, 0) is 14.2 Å². The van der Waals surface area contributed by atoms with Gasteiger partial charge < -0.3 is 43.4 Å². The number of aliphatic hydroxyl groups is 2. The highest BCUT2D eigenvalue weighted by atomic mass is 16.8. The third kappa shape index (κ3) is 10.9. The van der Waals surface area contributed by atoms with Gasteiger partial charge in [0, 0.05) is 5.56 Å². The number of rotatable bonds is 19. The molecule has 2 aliphatic rings. The van der Waals surface area contributed by atoms with Crippen LogP contribution in [0.25, 0.3) is 0 Å². The number of aliphatic hydroxyl groups excluding tert-OH is 2. The fraction of sp³-hybridized carbons (Fsp3) is 0.525. The van der Waals surface area contributed by atoms with Gasteiger partial charge in [-0.15, -0.1) is 0 Å². The Labute approximate surface area is 295 Å². The van der Waals surface area contributed by atoms with Crippen molar-refractivity contribution in [2.24, 2.45) is 0 Å². The number of esters is 1. The molecule has 0 radical (unpaired) electrons. The van der Waals surface area contributed by atoms with Gasteiger partial charge >= 0.3 is 5.97 Å². The second-order valence-corrected chi connectivity index (χ2v) is 12.9. The monoisotopic (exact) mass is 692 g/mol. The van der Waals surface area contributed by atoms with Crippen molar-refractivity contribution in [2.45, 2.75) is 115 Å². The lowest BCUT2D eigenvalue weighted by Gasteiger charge is -2.46. The summed E-state index contributed by atoms with van der Waals surface area (Å²) in [6.07, 6.45) is 5.65. The van der Waals surface area contributed by atoms with E-state index in [2.05, 4.69) is 13.8 Å². The Morgan fingerprint density at radius 2 is 1.20 bits per heavy atom. The molecule has 1 unspecified atom stereocenters. The molecule has 50 heavy (non-hydrogen) atoms. The summed E-state index contributed by atoms with van der Waals surface area (Å²) in [5, 5.41) is 21.8. The zero-order chi connectivity index (χ0) is 35.1. The minimum atomic E-state index is -1.35. The Bertz CT molecular complexity index is 1410. The lowest BCUT2D eigenvalue weighted by molar-refractivity contribution is -0.350. The van der Waals surface area contributed by atoms with Gasteiger partial charge in [0.1, 0.15) is 47.4 Å². The molecule has 5 rings (SSSR count). The molecule has 0 bridgehead atoms. The highest BCUT2D eigenvalue weighted by Gasteiger charge is 2.49. The van der Waals surface area contributed by atoms with Crippen LogP contribution in [0.5, 0.6) is 23.0 Å². The van der Waals surface area contributed by atoms with Crippen LogP contribution in [0.4, 0.5) is 0 Å². The number of hydrogen-bond donors (Lipinski definition) is 2. The summed E-state index contributed by atoms with van der Waals surface area (Å²) >= 11 is 0. The Hall–Kier alpha value is -3.67. The van der Waals surface area contributed by atoms with E-state index >= 15 is 0 Å². The number of fused-ring (bicyclic) bond motifs is 1. The van der Waals surface area contributed by atoms with Gasteiger partial charge in [-0.2, -0.15) is 0 Å². The molecular formula is C40H52O10. The predicted octanol–water partition coefficient (Wildman–Crippen LogP) is 7.54. The number of benzene rings is 3. The van der Waals surface area contributed by atoms with E-state index in [1.807, 2.05) is 0 Å². The first-order valence-corrected chi connectivity index (χ1v) is 18.2. The van der Waals surface area contributed by atoms with Crippen molar-refractivity contribution in [3.63, 3.8) is 0 Å². The van der Waals surface area contributed by atoms with E-state index in [0.29, 0.717) is 35.8 Å². The second kappa shape index (κ2) is 19.7. The largest absolute Gasteiger partial charge is 0.494 e. The summed E-state index contributed by atoms with van der Waals surface area (Å²) in [5.41, 5.74) is 1.07. The number of ether oxygens (including phenoxy) is 7. The Morgan fingerprint density at radius 3 is 1.84 bits per heavy atom. The highest BCUT2D eigenvalue weighted by Crippen LogP contribution is 2.35. The molecule has 0 saturated carbocycles. The van der Waals surface area contributed by atoms with E-state index in [1.165, 1.54) is 38.5 Å². The summed E-state index contributed by atoms with van der Waals surface area (Å²) < 4.78 is 41.0. The van der Waals surface area contributed by atoms with E-state index < -0.39 is 43.0 Å². The minimum Gasteiger partial charge on any atom is -0.494 e. The minimum absolute atomic E-state index is 0.110. The zero-order valence-electron chi connectivity index (χ0n) is 29.2. The fourth-order valence-corrected chi connectivity index (χ4v) is 5.93. The number of carbonyl (C=O) groups is 1. The van der Waals surface area contributed by atoms with Gasteiger partial charge in [-0.3, -0.25) is 0 Å². The maximum atomic E-state index is 12.8. The first kappa shape index (κ1) is 37.6. The Kier molecular flexibility index (Phi) is 14.8. The fourth-order valence-electron chi connectivity index (χ4n) is 5.93. The SMILES string of the molecule is CCCCCCCCOc1ccc(C(=O)Oc2ccc(C3OC[C@H]4O[C@@H](Oc5ccc(OCCCCCC)cc5)[C@H](O)[C@@H](O)[C@@H]4O3)cc2)cc1. The molecule has 2 saturated heterocycles. The van der Waals surface area contributed by atoms with Crippen LogP contribution in [0.2, 0.25) is 0 Å². The smallest absolute Gasteiger partial charge is 0.343 e. The van der Waals surface area contributed by atoms with E-state index in [-0.39, 0.29) is 6.61 Å². The van der Waals surface area contributed by atoms with E-state index in [4.69, 9.17) is 33.2 Å². The van der Waals surface area contributed by atoms with Gasteiger partial charge in [-0.25, -0.2) is 4.79 Å². The molecule has 3 aromatic carbocycles. The van der Waals surface area contributed by atoms with Gasteiger partial charge in [0.15, 0.2) is 6.29 Å². The first-order valence-electron chi connectivity index (χ1n) is 18.2. The molecular weight excluding hydrogens is 640 g/mol. The van der Waals surface area contributed by atoms with Crippen molar-refractivity contribution in [3.8, 4) is 23.0 Å². The van der Waals surface area contributed by atoms with Gasteiger partial charge in [-0.05, 0) is 73.5 Å². The first-order chi connectivity index (χ1) is 24.4. The zero-order valence-corrected chi connectivity index (χ0v) is 29.2. The van der Waals surface area contributed by atoms with Crippen LogP contribution in [0.1, 0.15) is 100 Å². The standard InChI is InChI=1S/C40H52O10/c1-3-5-7-9-10-12-26-44-30-17-13-28(14-18-30)38(43)47-32-19-15-29(16-20-32)39-46-27-34-37(50-39)35(41)36(42)40(49-34)48-33-23-21-31(22-24-33)45-25-11-8-6-4-2/h13-24,34-37,39-42H,3-12,25-27H2,1-2H3/t34-,35-,36-,37-,39?,40-/m1/s1. The number of unbranched alkanes of at least 4 members (excludes halogenated alkanes) is 8. The van der Waals surface area contributed by atoms with Crippen LogP contribution in [0.15, 0.2) is 72.8 Å². The molecule has 2 fully saturated rings. The number of carbonyl (C=O) groups excluding carboxylic acids is 1. The quantitative estimate of drug-likeness (QED) is 0.0740. The molecule has 0 aromatic heterocycles. The predicted molar refractivity (Wildman–Crippen MR) is 188 cm³/mol. The van der Waals surface area contributed by atoms with E-state index in [0.717, 1.165) is 37.2 Å². The topological polar surface area (TPSA) is 122 Å². The van der Waals surface area contributed by atoms with Crippen molar-refractivity contribution in [1.29, 1.82) is 0 Å². The average Bonchev–Trinajstić information content (AvgIpc) is 3.14. The lowest BCUT2D eigenvalue weighted by atomic mass is 9.98. The van der Waals surface area contributed by atoms with Crippen LogP contribution < -0.4 is 18.9 Å². The number of hydrogen-bond acceptors (Lipinski definition) is 10. The van der Waals surface area contributed by atoms with Crippen molar-refractivity contribution >= 4 is 5.97 Å². The van der Waals surface area contributed by atoms with Crippen LogP contribution in [-0.4, -0.2) is 66.7 Å². The van der Waals surface area contributed by atoms with Gasteiger partial charge in [0.25, 0.3) is 0 Å². The summed E-state index contributed by atoms with van der Waals surface area (Å²) in [7, 11) is 0. The third-order valence-corrected chi connectivity index (χ3v) is 8.90. The van der Waals surface area contributed by atoms with E-state index in [9.17, 15) is 15.0 Å². The van der Waals surface area contributed by atoms with Gasteiger partial charge in [0.2, 0.25) is 6.29 Å². The second-order valence-electron chi connectivity index (χ2n) is 12.9. The molecule has 2 N–H and O–H groups in total. The summed E-state index contributed by atoms with van der Waals surface area (Å²) in [6.45, 7) is 5.81. The molecule has 2 aliphatic heterocycles. The Morgan fingerprint density at radius 1 is 0.660 bits per heavy atom. The molecule has 0 spiro atoms. The molecule has 0 amide bonds. The molecule has 10 heteroatoms. The maximum Gasteiger partial charge on any atom is 0.343 e. The molecule has 3 aromatic rings. The summed E-state index contributed by atoms with van der Waals surface area (Å²) in [4.78, 5) is 12.8. The Balaban J connectivity index is 1.05. The van der Waals surface area contributed by atoms with Crippen molar-refractivity contribution in [1.82, 2.24) is 0 Å². The summed E-state index contributed by atoms with van der Waals surface area (Å²) in [5.74, 6) is 1.81. The average molecular weight is 693 g/mol. The van der Waals surface area contributed by atoms with Crippen LogP contribution in [0.3, 0.4) is 0 Å². The van der Waals surface area contributed by atoms with E-state index in [1.54, 1.807) is 72.8 Å². The summed E-state index contributed by atoms with van der Waals surface area (Å²) in [6, 6.07) is 20.8.